The Morgan fingerprint density at radius 1 is 0.914 bits per heavy atom. The van der Waals surface area contributed by atoms with E-state index in [1.807, 2.05) is 113 Å². The average molecular weight is 472 g/mol. The van der Waals surface area contributed by atoms with Gasteiger partial charge in [-0.2, -0.15) is 0 Å². The van der Waals surface area contributed by atoms with Gasteiger partial charge in [-0.3, -0.25) is 10.1 Å². The summed E-state index contributed by atoms with van der Waals surface area (Å²) >= 11 is 0. The molecule has 35 heavy (non-hydrogen) atoms. The summed E-state index contributed by atoms with van der Waals surface area (Å²) in [5.74, 6) is -0.0867. The maximum absolute atomic E-state index is 13.6. The third kappa shape index (κ3) is 8.03. The molecule has 2 N–H and O–H groups in total. The van der Waals surface area contributed by atoms with Crippen LogP contribution in [0, 0.1) is 0 Å². The van der Waals surface area contributed by atoms with Crippen LogP contribution in [-0.2, 0) is 9.53 Å². The topological polar surface area (TPSA) is 70.7 Å². The van der Waals surface area contributed by atoms with Gasteiger partial charge in [0.2, 0.25) is 0 Å². The van der Waals surface area contributed by atoms with Gasteiger partial charge in [0.05, 0.1) is 0 Å². The van der Waals surface area contributed by atoms with Crippen molar-refractivity contribution >= 4 is 35.1 Å². The Morgan fingerprint density at radius 3 is 2.17 bits per heavy atom. The SMILES string of the molecule is CCN(C(=O)[C@H](/C=C/c1ccccc1)Nc1cccc(NC(=O)OC(C)(C)C)c1)c1ccccc1. The molecule has 0 bridgehead atoms. The predicted molar refractivity (Wildman–Crippen MR) is 144 cm³/mol. The van der Waals surface area contributed by atoms with Crippen LogP contribution in [0.3, 0.4) is 0 Å². The van der Waals surface area contributed by atoms with E-state index >= 15 is 0 Å². The summed E-state index contributed by atoms with van der Waals surface area (Å²) in [7, 11) is 0. The van der Waals surface area contributed by atoms with Crippen molar-refractivity contribution in [3.8, 4) is 0 Å². The first-order chi connectivity index (χ1) is 16.7. The average Bonchev–Trinajstić information content (AvgIpc) is 2.82. The molecule has 2 amide bonds. The van der Waals surface area contributed by atoms with Crippen LogP contribution >= 0.6 is 0 Å². The smallest absolute Gasteiger partial charge is 0.412 e. The number of amides is 2. The highest BCUT2D eigenvalue weighted by atomic mass is 16.6. The standard InChI is InChI=1S/C29H33N3O3/c1-5-32(25-17-10-7-11-18-25)27(33)26(20-19-22-13-8-6-9-14-22)30-23-15-12-16-24(21-23)31-28(34)35-29(2,3)4/h6-21,26,30H,5H2,1-4H3,(H,31,34)/b20-19+/t26-/m0/s1. The molecule has 0 radical (unpaired) electrons. The number of carbonyl (C=O) groups is 2. The zero-order chi connectivity index (χ0) is 25.3. The Bertz CT molecular complexity index is 1140. The number of rotatable bonds is 8. The largest absolute Gasteiger partial charge is 0.444 e. The first-order valence-corrected chi connectivity index (χ1v) is 11.7. The van der Waals surface area contributed by atoms with E-state index in [2.05, 4.69) is 10.6 Å². The van der Waals surface area contributed by atoms with Crippen LogP contribution < -0.4 is 15.5 Å². The van der Waals surface area contributed by atoms with Crippen LogP contribution in [-0.4, -0.2) is 30.2 Å². The van der Waals surface area contributed by atoms with Crippen molar-refractivity contribution < 1.29 is 14.3 Å². The van der Waals surface area contributed by atoms with Gasteiger partial charge in [-0.15, -0.1) is 0 Å². The van der Waals surface area contributed by atoms with E-state index in [1.54, 1.807) is 17.0 Å². The molecule has 0 fully saturated rings. The molecule has 0 unspecified atom stereocenters. The third-order valence-electron chi connectivity index (χ3n) is 5.03. The quantitative estimate of drug-likeness (QED) is 0.389. The first kappa shape index (κ1) is 25.6. The van der Waals surface area contributed by atoms with Gasteiger partial charge in [0.15, 0.2) is 0 Å². The number of hydrogen-bond donors (Lipinski definition) is 2. The number of carbonyl (C=O) groups excluding carboxylic acids is 2. The summed E-state index contributed by atoms with van der Waals surface area (Å²) < 4.78 is 5.34. The molecule has 0 aliphatic carbocycles. The second kappa shape index (κ2) is 11.9. The molecule has 0 spiro atoms. The fraction of sp³-hybridized carbons (Fsp3) is 0.241. The summed E-state index contributed by atoms with van der Waals surface area (Å²) in [4.78, 5) is 27.6. The van der Waals surface area contributed by atoms with Gasteiger partial charge in [-0.1, -0.05) is 66.7 Å². The van der Waals surface area contributed by atoms with Crippen molar-refractivity contribution in [3.63, 3.8) is 0 Å². The molecule has 1 atom stereocenters. The van der Waals surface area contributed by atoms with Gasteiger partial charge in [0.1, 0.15) is 11.6 Å². The number of likely N-dealkylation sites (N-methyl/N-ethyl adjacent to an activating group) is 1. The van der Waals surface area contributed by atoms with E-state index in [9.17, 15) is 9.59 Å². The van der Waals surface area contributed by atoms with Gasteiger partial charge in [0.25, 0.3) is 5.91 Å². The maximum atomic E-state index is 13.6. The molecule has 0 aliphatic rings. The van der Waals surface area contributed by atoms with Crippen molar-refractivity contribution in [3.05, 3.63) is 96.6 Å². The normalized spacial score (nSPS) is 12.1. The lowest BCUT2D eigenvalue weighted by molar-refractivity contribution is -0.118. The third-order valence-corrected chi connectivity index (χ3v) is 5.03. The van der Waals surface area contributed by atoms with Crippen LogP contribution in [0.1, 0.15) is 33.3 Å². The van der Waals surface area contributed by atoms with Crippen LogP contribution in [0.15, 0.2) is 91.0 Å². The molecular weight excluding hydrogens is 438 g/mol. The lowest BCUT2D eigenvalue weighted by atomic mass is 10.1. The summed E-state index contributed by atoms with van der Waals surface area (Å²) in [6.07, 6.45) is 3.25. The number of anilines is 3. The van der Waals surface area contributed by atoms with E-state index in [0.29, 0.717) is 17.9 Å². The molecule has 3 rings (SSSR count). The zero-order valence-corrected chi connectivity index (χ0v) is 20.7. The molecule has 3 aromatic rings. The van der Waals surface area contributed by atoms with Crippen molar-refractivity contribution in [2.45, 2.75) is 39.3 Å². The Morgan fingerprint density at radius 2 is 1.54 bits per heavy atom. The van der Waals surface area contributed by atoms with Crippen LogP contribution in [0.4, 0.5) is 21.9 Å². The summed E-state index contributed by atoms with van der Waals surface area (Å²) in [5, 5.41) is 6.07. The number of nitrogens with one attached hydrogen (secondary N) is 2. The maximum Gasteiger partial charge on any atom is 0.412 e. The molecule has 0 saturated heterocycles. The predicted octanol–water partition coefficient (Wildman–Crippen LogP) is 6.58. The molecule has 3 aromatic carbocycles. The van der Waals surface area contributed by atoms with Crippen molar-refractivity contribution in [1.82, 2.24) is 0 Å². The van der Waals surface area contributed by atoms with Crippen molar-refractivity contribution in [2.24, 2.45) is 0 Å². The van der Waals surface area contributed by atoms with E-state index < -0.39 is 17.7 Å². The lowest BCUT2D eigenvalue weighted by Gasteiger charge is -2.26. The highest BCUT2D eigenvalue weighted by molar-refractivity contribution is 6.00. The van der Waals surface area contributed by atoms with E-state index in [1.165, 1.54) is 0 Å². The Labute approximate surface area is 207 Å². The Balaban J connectivity index is 1.85. The van der Waals surface area contributed by atoms with Gasteiger partial charge in [0, 0.05) is 23.6 Å². The first-order valence-electron chi connectivity index (χ1n) is 11.7. The van der Waals surface area contributed by atoms with E-state index in [0.717, 1.165) is 11.3 Å². The van der Waals surface area contributed by atoms with Crippen LogP contribution in [0.25, 0.3) is 6.08 Å². The van der Waals surface area contributed by atoms with Crippen LogP contribution in [0.5, 0.6) is 0 Å². The second-order valence-corrected chi connectivity index (χ2v) is 9.02. The monoisotopic (exact) mass is 471 g/mol. The zero-order valence-electron chi connectivity index (χ0n) is 20.7. The van der Waals surface area contributed by atoms with Crippen LogP contribution in [0.2, 0.25) is 0 Å². The molecule has 0 saturated carbocycles. The van der Waals surface area contributed by atoms with Gasteiger partial charge < -0.3 is 15.0 Å². The minimum Gasteiger partial charge on any atom is -0.444 e. The van der Waals surface area contributed by atoms with Gasteiger partial charge >= 0.3 is 6.09 Å². The summed E-state index contributed by atoms with van der Waals surface area (Å²) in [5.41, 5.74) is 2.49. The molecule has 6 nitrogen and oxygen atoms in total. The van der Waals surface area contributed by atoms with Gasteiger partial charge in [-0.05, 0) is 63.6 Å². The summed E-state index contributed by atoms with van der Waals surface area (Å²) in [6, 6.07) is 26.0. The summed E-state index contributed by atoms with van der Waals surface area (Å²) in [6.45, 7) is 7.92. The molecule has 6 heteroatoms. The fourth-order valence-electron chi connectivity index (χ4n) is 3.49. The van der Waals surface area contributed by atoms with E-state index in [4.69, 9.17) is 4.74 Å². The fourth-order valence-corrected chi connectivity index (χ4v) is 3.49. The van der Waals surface area contributed by atoms with Gasteiger partial charge in [-0.25, -0.2) is 4.79 Å². The number of nitrogens with zero attached hydrogens (tertiary/aromatic N) is 1. The molecule has 182 valence electrons. The Kier molecular flexibility index (Phi) is 8.68. The molecular formula is C29H33N3O3. The second-order valence-electron chi connectivity index (χ2n) is 9.02. The molecule has 0 heterocycles. The van der Waals surface area contributed by atoms with Crippen molar-refractivity contribution in [1.29, 1.82) is 0 Å². The minimum atomic E-state index is -0.632. The lowest BCUT2D eigenvalue weighted by Crippen LogP contribution is -2.42. The van der Waals surface area contributed by atoms with E-state index in [-0.39, 0.29) is 5.91 Å². The number of ether oxygens (including phenoxy) is 1. The molecule has 0 aromatic heterocycles. The molecule has 0 aliphatic heterocycles. The highest BCUT2D eigenvalue weighted by Crippen LogP contribution is 2.21. The number of benzene rings is 3. The highest BCUT2D eigenvalue weighted by Gasteiger charge is 2.23. The Hall–Kier alpha value is -4.06. The van der Waals surface area contributed by atoms with Crippen molar-refractivity contribution in [2.75, 3.05) is 22.1 Å². The number of para-hydroxylation sites is 1. The number of hydrogen-bond acceptors (Lipinski definition) is 4. The minimum absolute atomic E-state index is 0.0867.